The van der Waals surface area contributed by atoms with Gasteiger partial charge < -0.3 is 19.9 Å². The fourth-order valence-electron chi connectivity index (χ4n) is 3.06. The van der Waals surface area contributed by atoms with Gasteiger partial charge in [-0.3, -0.25) is 0 Å². The molecular formula is C17H30N4O2. The minimum absolute atomic E-state index is 0.264. The molecule has 1 aliphatic carbocycles. The smallest absolute Gasteiger partial charge is 0.407 e. The van der Waals surface area contributed by atoms with E-state index in [1.807, 2.05) is 38.6 Å². The van der Waals surface area contributed by atoms with E-state index < -0.39 is 5.60 Å². The Morgan fingerprint density at radius 1 is 1.43 bits per heavy atom. The van der Waals surface area contributed by atoms with Crippen molar-refractivity contribution in [3.05, 3.63) is 18.2 Å². The van der Waals surface area contributed by atoms with Crippen LogP contribution < -0.4 is 10.6 Å². The molecule has 6 nitrogen and oxygen atoms in total. The third-order valence-corrected chi connectivity index (χ3v) is 4.30. The van der Waals surface area contributed by atoms with E-state index in [1.54, 1.807) is 6.33 Å². The van der Waals surface area contributed by atoms with Gasteiger partial charge >= 0.3 is 6.09 Å². The highest BCUT2D eigenvalue weighted by molar-refractivity contribution is 5.67. The van der Waals surface area contributed by atoms with Crippen LogP contribution in [0.1, 0.15) is 52.1 Å². The Bertz CT molecular complexity index is 501. The first-order chi connectivity index (χ1) is 10.8. The van der Waals surface area contributed by atoms with E-state index in [9.17, 15) is 4.79 Å². The number of nitrogens with one attached hydrogen (secondary N) is 2. The summed E-state index contributed by atoms with van der Waals surface area (Å²) < 4.78 is 7.34. The fourth-order valence-corrected chi connectivity index (χ4v) is 3.06. The first-order valence-electron chi connectivity index (χ1n) is 8.50. The number of ether oxygens (including phenoxy) is 1. The van der Waals surface area contributed by atoms with Crippen molar-refractivity contribution < 1.29 is 9.53 Å². The molecule has 23 heavy (non-hydrogen) atoms. The van der Waals surface area contributed by atoms with Crippen molar-refractivity contribution in [2.24, 2.45) is 13.0 Å². The lowest BCUT2D eigenvalue weighted by Gasteiger charge is -2.26. The number of imidazole rings is 1. The second kappa shape index (κ2) is 7.81. The Morgan fingerprint density at radius 3 is 2.70 bits per heavy atom. The van der Waals surface area contributed by atoms with Gasteiger partial charge in [-0.05, 0) is 39.5 Å². The molecule has 1 unspecified atom stereocenters. The van der Waals surface area contributed by atoms with Crippen LogP contribution in [-0.4, -0.2) is 33.8 Å². The van der Waals surface area contributed by atoms with Crippen LogP contribution in [0.25, 0.3) is 0 Å². The third kappa shape index (κ3) is 5.86. The van der Waals surface area contributed by atoms with Gasteiger partial charge in [0.15, 0.2) is 0 Å². The molecule has 1 aromatic rings. The van der Waals surface area contributed by atoms with E-state index in [4.69, 9.17) is 4.74 Å². The number of carbonyl (C=O) groups is 1. The first kappa shape index (κ1) is 17.8. The number of amides is 1. The monoisotopic (exact) mass is 322 g/mol. The van der Waals surface area contributed by atoms with Crippen LogP contribution in [0.15, 0.2) is 12.5 Å². The van der Waals surface area contributed by atoms with E-state index >= 15 is 0 Å². The Hall–Kier alpha value is -1.56. The van der Waals surface area contributed by atoms with Crippen molar-refractivity contribution in [1.29, 1.82) is 0 Å². The number of nitrogens with zero attached hydrogens (tertiary/aromatic N) is 2. The molecule has 1 aromatic heterocycles. The number of carbonyl (C=O) groups excluding carboxylic acids is 1. The maximum Gasteiger partial charge on any atom is 0.407 e. The number of hydrogen-bond acceptors (Lipinski definition) is 4. The summed E-state index contributed by atoms with van der Waals surface area (Å²) in [6.45, 7) is 6.98. The minimum atomic E-state index is -0.463. The Morgan fingerprint density at radius 2 is 2.13 bits per heavy atom. The van der Waals surface area contributed by atoms with Gasteiger partial charge in [-0.2, -0.15) is 0 Å². The van der Waals surface area contributed by atoms with Crippen molar-refractivity contribution in [2.45, 2.75) is 64.6 Å². The normalized spacial score (nSPS) is 17.2. The largest absolute Gasteiger partial charge is 0.444 e. The fraction of sp³-hybridized carbons (Fsp3) is 0.765. The molecule has 2 N–H and O–H groups in total. The number of hydrogen-bond donors (Lipinski definition) is 2. The van der Waals surface area contributed by atoms with Gasteiger partial charge in [0.25, 0.3) is 0 Å². The van der Waals surface area contributed by atoms with E-state index in [1.165, 1.54) is 25.7 Å². The van der Waals surface area contributed by atoms with E-state index in [0.29, 0.717) is 12.5 Å². The Kier molecular flexibility index (Phi) is 6.04. The molecule has 0 radical (unpaired) electrons. The van der Waals surface area contributed by atoms with E-state index in [2.05, 4.69) is 15.6 Å². The van der Waals surface area contributed by atoms with Crippen LogP contribution in [0.3, 0.4) is 0 Å². The number of alkyl carbamates (subject to hydrolysis) is 1. The molecule has 1 atom stereocenters. The predicted octanol–water partition coefficient (Wildman–Crippen LogP) is 2.59. The van der Waals surface area contributed by atoms with Crippen molar-refractivity contribution in [3.8, 4) is 0 Å². The van der Waals surface area contributed by atoms with Crippen molar-refractivity contribution in [3.63, 3.8) is 0 Å². The van der Waals surface area contributed by atoms with Crippen LogP contribution in [-0.2, 0) is 18.3 Å². The third-order valence-electron chi connectivity index (χ3n) is 4.30. The zero-order chi connectivity index (χ0) is 16.9. The molecule has 2 rings (SSSR count). The summed E-state index contributed by atoms with van der Waals surface area (Å²) >= 11 is 0. The molecule has 1 amide bonds. The molecular weight excluding hydrogens is 292 g/mol. The first-order valence-corrected chi connectivity index (χ1v) is 8.50. The Balaban J connectivity index is 1.87. The van der Waals surface area contributed by atoms with Gasteiger partial charge in [0.05, 0.1) is 12.0 Å². The molecule has 1 aliphatic rings. The van der Waals surface area contributed by atoms with Crippen LogP contribution in [0.5, 0.6) is 0 Å². The molecule has 1 heterocycles. The van der Waals surface area contributed by atoms with Crippen molar-refractivity contribution in [1.82, 2.24) is 20.2 Å². The van der Waals surface area contributed by atoms with Crippen LogP contribution in [0, 0.1) is 5.92 Å². The second-order valence-corrected chi connectivity index (χ2v) is 7.41. The summed E-state index contributed by atoms with van der Waals surface area (Å²) in [6, 6.07) is 0.264. The quantitative estimate of drug-likeness (QED) is 0.845. The Labute approximate surface area is 139 Å². The highest BCUT2D eigenvalue weighted by Crippen LogP contribution is 2.27. The zero-order valence-corrected chi connectivity index (χ0v) is 14.8. The number of rotatable bonds is 6. The summed E-state index contributed by atoms with van der Waals surface area (Å²) in [5.74, 6) is 0.609. The highest BCUT2D eigenvalue weighted by atomic mass is 16.6. The number of aromatic nitrogens is 2. The SMILES string of the molecule is Cn1cncc1CNC(CNC(=O)OC(C)(C)C)C1CCCC1. The van der Waals surface area contributed by atoms with Crippen molar-refractivity contribution in [2.75, 3.05) is 6.54 Å². The molecule has 1 fully saturated rings. The average molecular weight is 322 g/mol. The maximum absolute atomic E-state index is 11.9. The summed E-state index contributed by atoms with van der Waals surface area (Å²) in [5.41, 5.74) is 0.681. The highest BCUT2D eigenvalue weighted by Gasteiger charge is 2.26. The molecule has 1 saturated carbocycles. The molecule has 0 aliphatic heterocycles. The maximum atomic E-state index is 11.9. The summed E-state index contributed by atoms with van der Waals surface area (Å²) in [4.78, 5) is 16.0. The molecule has 130 valence electrons. The molecule has 0 saturated heterocycles. The molecule has 0 bridgehead atoms. The summed E-state index contributed by atoms with van der Waals surface area (Å²) in [5, 5.41) is 6.51. The molecule has 0 spiro atoms. The number of aryl methyl sites for hydroxylation is 1. The zero-order valence-electron chi connectivity index (χ0n) is 14.8. The van der Waals surface area contributed by atoms with Crippen LogP contribution >= 0.6 is 0 Å². The van der Waals surface area contributed by atoms with Gasteiger partial charge in [0.2, 0.25) is 0 Å². The van der Waals surface area contributed by atoms with Gasteiger partial charge in [-0.15, -0.1) is 0 Å². The lowest BCUT2D eigenvalue weighted by molar-refractivity contribution is 0.0518. The molecule has 0 aromatic carbocycles. The standard InChI is InChI=1S/C17H30N4O2/c1-17(2,3)23-16(22)20-11-15(13-7-5-6-8-13)19-10-14-9-18-12-21(14)4/h9,12-13,15,19H,5-8,10-11H2,1-4H3,(H,20,22). The summed E-state index contributed by atoms with van der Waals surface area (Å²) in [6.07, 6.45) is 8.34. The average Bonchev–Trinajstić information content (AvgIpc) is 3.09. The predicted molar refractivity (Wildman–Crippen MR) is 90.0 cm³/mol. The van der Waals surface area contributed by atoms with E-state index in [-0.39, 0.29) is 12.1 Å². The van der Waals surface area contributed by atoms with Crippen molar-refractivity contribution >= 4 is 6.09 Å². The lowest BCUT2D eigenvalue weighted by Crippen LogP contribution is -2.46. The molecule has 6 heteroatoms. The topological polar surface area (TPSA) is 68.2 Å². The lowest BCUT2D eigenvalue weighted by atomic mass is 9.98. The minimum Gasteiger partial charge on any atom is -0.444 e. The van der Waals surface area contributed by atoms with Crippen LogP contribution in [0.4, 0.5) is 4.79 Å². The van der Waals surface area contributed by atoms with Gasteiger partial charge in [-0.1, -0.05) is 12.8 Å². The summed E-state index contributed by atoms with van der Waals surface area (Å²) in [7, 11) is 1.99. The van der Waals surface area contributed by atoms with Gasteiger partial charge in [0, 0.05) is 32.4 Å². The van der Waals surface area contributed by atoms with Crippen LogP contribution in [0.2, 0.25) is 0 Å². The van der Waals surface area contributed by atoms with E-state index in [0.717, 1.165) is 12.2 Å². The van der Waals surface area contributed by atoms with Gasteiger partial charge in [-0.25, -0.2) is 9.78 Å². The second-order valence-electron chi connectivity index (χ2n) is 7.41. The van der Waals surface area contributed by atoms with Gasteiger partial charge in [0.1, 0.15) is 5.60 Å².